The van der Waals surface area contributed by atoms with Gasteiger partial charge in [-0.1, -0.05) is 18.0 Å². The number of hydrogen-bond acceptors (Lipinski definition) is 4. The summed E-state index contributed by atoms with van der Waals surface area (Å²) >= 11 is 0. The van der Waals surface area contributed by atoms with Gasteiger partial charge in [0.15, 0.2) is 5.84 Å². The van der Waals surface area contributed by atoms with Crippen molar-refractivity contribution < 1.29 is 14.7 Å². The topological polar surface area (TPSA) is 96.9 Å². The molecule has 0 aromatic carbocycles. The second-order valence-corrected chi connectivity index (χ2v) is 3.39. The summed E-state index contributed by atoms with van der Waals surface area (Å²) in [4.78, 5) is 11.1. The lowest BCUT2D eigenvalue weighted by Crippen LogP contribution is -2.55. The first kappa shape index (κ1) is 10.6. The second kappa shape index (κ2) is 4.17. The van der Waals surface area contributed by atoms with Gasteiger partial charge >= 0.3 is 6.09 Å². The molecule has 0 aliphatic heterocycles. The molecule has 6 heteroatoms. The van der Waals surface area contributed by atoms with Gasteiger partial charge in [-0.25, -0.2) is 4.79 Å². The third-order valence-electron chi connectivity index (χ3n) is 2.58. The van der Waals surface area contributed by atoms with Crippen molar-refractivity contribution in [3.63, 3.8) is 0 Å². The zero-order valence-electron chi connectivity index (χ0n) is 8.12. The molecule has 4 N–H and O–H groups in total. The molecule has 0 aromatic heterocycles. The maximum absolute atomic E-state index is 11.1. The predicted molar refractivity (Wildman–Crippen MR) is 50.1 cm³/mol. The third kappa shape index (κ3) is 1.89. The van der Waals surface area contributed by atoms with Crippen molar-refractivity contribution in [1.82, 2.24) is 5.32 Å². The SMILES string of the molecule is COC(=O)NC1(/C(N)=N/O)CCCC1. The van der Waals surface area contributed by atoms with Crippen molar-refractivity contribution in [2.24, 2.45) is 10.9 Å². The summed E-state index contributed by atoms with van der Waals surface area (Å²) in [7, 11) is 1.28. The van der Waals surface area contributed by atoms with Crippen molar-refractivity contribution >= 4 is 11.9 Å². The molecule has 0 atom stereocenters. The van der Waals surface area contributed by atoms with Gasteiger partial charge in [0, 0.05) is 0 Å². The molecule has 80 valence electrons. The van der Waals surface area contributed by atoms with Crippen LogP contribution in [0.25, 0.3) is 0 Å². The van der Waals surface area contributed by atoms with Crippen LogP contribution in [0.1, 0.15) is 25.7 Å². The van der Waals surface area contributed by atoms with Crippen LogP contribution < -0.4 is 11.1 Å². The Morgan fingerprint density at radius 1 is 1.57 bits per heavy atom. The highest BCUT2D eigenvalue weighted by Crippen LogP contribution is 2.29. The number of carbonyl (C=O) groups excluding carboxylic acids is 1. The molecule has 1 aliphatic carbocycles. The molecule has 0 heterocycles. The van der Waals surface area contributed by atoms with E-state index in [2.05, 4.69) is 15.2 Å². The second-order valence-electron chi connectivity index (χ2n) is 3.39. The average Bonchev–Trinajstić information content (AvgIpc) is 2.66. The molecule has 0 radical (unpaired) electrons. The van der Waals surface area contributed by atoms with E-state index in [-0.39, 0.29) is 5.84 Å². The molecule has 1 amide bonds. The number of rotatable bonds is 2. The Kier molecular flexibility index (Phi) is 3.16. The number of hydrogen-bond donors (Lipinski definition) is 3. The molecular formula is C8H15N3O3. The first-order valence-electron chi connectivity index (χ1n) is 4.49. The Balaban J connectivity index is 2.77. The minimum atomic E-state index is -0.720. The van der Waals surface area contributed by atoms with Crippen molar-refractivity contribution in [2.45, 2.75) is 31.2 Å². The van der Waals surface area contributed by atoms with Crippen LogP contribution in [-0.2, 0) is 4.74 Å². The Labute approximate surface area is 82.1 Å². The van der Waals surface area contributed by atoms with E-state index in [0.29, 0.717) is 12.8 Å². The minimum absolute atomic E-state index is 0.0420. The average molecular weight is 201 g/mol. The van der Waals surface area contributed by atoms with Crippen LogP contribution in [0.15, 0.2) is 5.16 Å². The Morgan fingerprint density at radius 3 is 2.57 bits per heavy atom. The van der Waals surface area contributed by atoms with Crippen LogP contribution >= 0.6 is 0 Å². The van der Waals surface area contributed by atoms with Crippen LogP contribution in [0.2, 0.25) is 0 Å². The van der Waals surface area contributed by atoms with Crippen molar-refractivity contribution in [2.75, 3.05) is 7.11 Å². The number of alkyl carbamates (subject to hydrolysis) is 1. The summed E-state index contributed by atoms with van der Waals surface area (Å²) in [6, 6.07) is 0. The number of oxime groups is 1. The van der Waals surface area contributed by atoms with E-state index in [4.69, 9.17) is 10.9 Å². The molecule has 1 fully saturated rings. The fourth-order valence-electron chi connectivity index (χ4n) is 1.77. The fourth-order valence-corrected chi connectivity index (χ4v) is 1.77. The summed E-state index contributed by atoms with van der Waals surface area (Å²) in [6.07, 6.45) is 2.69. The quantitative estimate of drug-likeness (QED) is 0.261. The Hall–Kier alpha value is -1.46. The van der Waals surface area contributed by atoms with Gasteiger partial charge in [0.25, 0.3) is 0 Å². The standard InChI is InChI=1S/C8H15N3O3/c1-14-7(12)10-8(6(9)11-13)4-2-3-5-8/h13H,2-5H2,1H3,(H2,9,11)(H,10,12). The molecule has 0 bridgehead atoms. The van der Waals surface area contributed by atoms with Crippen LogP contribution in [-0.4, -0.2) is 29.8 Å². The molecule has 1 saturated carbocycles. The molecule has 0 spiro atoms. The number of nitrogens with zero attached hydrogens (tertiary/aromatic N) is 1. The van der Waals surface area contributed by atoms with Gasteiger partial charge in [-0.3, -0.25) is 0 Å². The van der Waals surface area contributed by atoms with E-state index in [1.165, 1.54) is 7.11 Å². The summed E-state index contributed by atoms with van der Waals surface area (Å²) < 4.78 is 4.49. The monoisotopic (exact) mass is 201 g/mol. The molecule has 14 heavy (non-hydrogen) atoms. The van der Waals surface area contributed by atoms with E-state index in [1.807, 2.05) is 0 Å². The van der Waals surface area contributed by atoms with Gasteiger partial charge < -0.3 is 21.0 Å². The number of nitrogens with one attached hydrogen (secondary N) is 1. The van der Waals surface area contributed by atoms with Crippen LogP contribution in [0.4, 0.5) is 4.79 Å². The van der Waals surface area contributed by atoms with Crippen molar-refractivity contribution in [3.8, 4) is 0 Å². The zero-order chi connectivity index (χ0) is 10.6. The molecule has 1 rings (SSSR count). The first-order chi connectivity index (χ1) is 6.64. The van der Waals surface area contributed by atoms with Gasteiger partial charge in [-0.05, 0) is 12.8 Å². The van der Waals surface area contributed by atoms with Crippen molar-refractivity contribution in [1.29, 1.82) is 0 Å². The highest BCUT2D eigenvalue weighted by Gasteiger charge is 2.40. The van der Waals surface area contributed by atoms with Crippen molar-refractivity contribution in [3.05, 3.63) is 0 Å². The van der Waals surface area contributed by atoms with E-state index in [1.54, 1.807) is 0 Å². The lowest BCUT2D eigenvalue weighted by atomic mass is 9.96. The van der Waals surface area contributed by atoms with Crippen LogP contribution in [0, 0.1) is 0 Å². The maximum Gasteiger partial charge on any atom is 0.407 e. The van der Waals surface area contributed by atoms with Crippen LogP contribution in [0.3, 0.4) is 0 Å². The lowest BCUT2D eigenvalue weighted by molar-refractivity contribution is 0.162. The van der Waals surface area contributed by atoms with E-state index >= 15 is 0 Å². The summed E-state index contributed by atoms with van der Waals surface area (Å²) in [6.45, 7) is 0. The fraction of sp³-hybridized carbons (Fsp3) is 0.750. The first-order valence-corrected chi connectivity index (χ1v) is 4.49. The number of nitrogens with two attached hydrogens (primary N) is 1. The largest absolute Gasteiger partial charge is 0.453 e. The summed E-state index contributed by atoms with van der Waals surface area (Å²) in [5, 5.41) is 14.2. The predicted octanol–water partition coefficient (Wildman–Crippen LogP) is 0.402. The molecular weight excluding hydrogens is 186 g/mol. The normalized spacial score (nSPS) is 20.5. The highest BCUT2D eigenvalue weighted by atomic mass is 16.5. The molecule has 0 saturated heterocycles. The highest BCUT2D eigenvalue weighted by molar-refractivity contribution is 5.92. The van der Waals surface area contributed by atoms with Gasteiger partial charge in [0.05, 0.1) is 7.11 Å². The smallest absolute Gasteiger partial charge is 0.407 e. The molecule has 1 aliphatic rings. The van der Waals surface area contributed by atoms with Crippen LogP contribution in [0.5, 0.6) is 0 Å². The van der Waals surface area contributed by atoms with Gasteiger partial charge in [0.1, 0.15) is 5.54 Å². The molecule has 6 nitrogen and oxygen atoms in total. The molecule has 0 unspecified atom stereocenters. The van der Waals surface area contributed by atoms with E-state index < -0.39 is 11.6 Å². The number of ether oxygens (including phenoxy) is 1. The van der Waals surface area contributed by atoms with Gasteiger partial charge in [0.2, 0.25) is 0 Å². The Morgan fingerprint density at radius 2 is 2.14 bits per heavy atom. The zero-order valence-corrected chi connectivity index (χ0v) is 8.12. The van der Waals surface area contributed by atoms with E-state index in [0.717, 1.165) is 12.8 Å². The summed E-state index contributed by atoms with van der Waals surface area (Å²) in [5.74, 6) is 0.0420. The Bertz CT molecular complexity index is 246. The minimum Gasteiger partial charge on any atom is -0.453 e. The van der Waals surface area contributed by atoms with Gasteiger partial charge in [-0.15, -0.1) is 0 Å². The molecule has 0 aromatic rings. The lowest BCUT2D eigenvalue weighted by Gasteiger charge is -2.27. The number of methoxy groups -OCH3 is 1. The number of carbonyl (C=O) groups is 1. The van der Waals surface area contributed by atoms with Gasteiger partial charge in [-0.2, -0.15) is 0 Å². The summed E-state index contributed by atoms with van der Waals surface area (Å²) in [5.41, 5.74) is 4.83. The van der Waals surface area contributed by atoms with E-state index in [9.17, 15) is 4.79 Å². The number of amidine groups is 1. The number of amides is 1. The third-order valence-corrected chi connectivity index (χ3v) is 2.58. The maximum atomic E-state index is 11.1.